The molecule has 11 heteroatoms. The molecular formula is C16H22N3O7P. The van der Waals surface area contributed by atoms with Gasteiger partial charge in [-0.25, -0.2) is 23.5 Å². The molecule has 0 unspecified atom stereocenters. The van der Waals surface area contributed by atoms with Crippen molar-refractivity contribution in [1.82, 2.24) is 13.9 Å². The number of hydrogen-bond acceptors (Lipinski definition) is 7. The van der Waals surface area contributed by atoms with Crippen LogP contribution in [0.4, 0.5) is 0 Å². The van der Waals surface area contributed by atoms with Gasteiger partial charge in [0.1, 0.15) is 12.2 Å². The Labute approximate surface area is 154 Å². The van der Waals surface area contributed by atoms with Crippen LogP contribution in [0.1, 0.15) is 19.6 Å². The van der Waals surface area contributed by atoms with Crippen LogP contribution in [0.3, 0.4) is 0 Å². The van der Waals surface area contributed by atoms with Crippen molar-refractivity contribution < 1.29 is 23.8 Å². The summed E-state index contributed by atoms with van der Waals surface area (Å²) < 4.78 is 26.6. The zero-order valence-corrected chi connectivity index (χ0v) is 15.9. The normalized spacial score (nSPS) is 22.6. The fraction of sp³-hybridized carbons (Fsp3) is 0.500. The molecule has 1 aliphatic heterocycles. The van der Waals surface area contributed by atoms with Crippen molar-refractivity contribution in [2.75, 3.05) is 13.2 Å². The first kappa shape index (κ1) is 19.8. The number of rotatable bonds is 6. The number of para-hydroxylation sites is 1. The fourth-order valence-corrected chi connectivity index (χ4v) is 5.38. The van der Waals surface area contributed by atoms with E-state index in [0.29, 0.717) is 5.69 Å². The van der Waals surface area contributed by atoms with Gasteiger partial charge in [-0.05, 0) is 26.0 Å². The monoisotopic (exact) mass is 399 g/mol. The molecule has 1 aromatic carbocycles. The minimum atomic E-state index is -4.07. The fourth-order valence-electron chi connectivity index (χ4n) is 3.21. The first-order valence-corrected chi connectivity index (χ1v) is 10.2. The third-order valence-corrected chi connectivity index (χ3v) is 6.73. The summed E-state index contributed by atoms with van der Waals surface area (Å²) in [5.74, 6) is -1.55. The minimum Gasteiger partial charge on any atom is -0.388 e. The maximum absolute atomic E-state index is 13.3. The van der Waals surface area contributed by atoms with E-state index < -0.39 is 37.0 Å². The minimum absolute atomic E-state index is 0.00499. The van der Waals surface area contributed by atoms with Crippen LogP contribution >= 0.6 is 7.60 Å². The zero-order valence-electron chi connectivity index (χ0n) is 15.0. The van der Waals surface area contributed by atoms with Crippen LogP contribution in [-0.2, 0) is 20.2 Å². The molecule has 0 amide bonds. The third-order valence-electron chi connectivity index (χ3n) is 4.33. The predicted octanol–water partition coefficient (Wildman–Crippen LogP) is 0.301. The Bertz CT molecular complexity index is 955. The van der Waals surface area contributed by atoms with Gasteiger partial charge in [-0.2, -0.15) is 0 Å². The second-order valence-corrected chi connectivity index (χ2v) is 8.13. The van der Waals surface area contributed by atoms with Gasteiger partial charge in [0.05, 0.1) is 25.4 Å². The van der Waals surface area contributed by atoms with Crippen molar-refractivity contribution in [3.8, 4) is 5.69 Å². The Morgan fingerprint density at radius 2 is 1.67 bits per heavy atom. The maximum atomic E-state index is 13.3. The summed E-state index contributed by atoms with van der Waals surface area (Å²) >= 11 is 0. The van der Waals surface area contributed by atoms with E-state index in [9.17, 15) is 24.4 Å². The summed E-state index contributed by atoms with van der Waals surface area (Å²) in [6, 6.07) is 8.20. The molecule has 2 heterocycles. The van der Waals surface area contributed by atoms with Crippen molar-refractivity contribution in [1.29, 1.82) is 0 Å². The molecule has 10 nitrogen and oxygen atoms in total. The van der Waals surface area contributed by atoms with Crippen molar-refractivity contribution in [3.05, 3.63) is 51.3 Å². The highest BCUT2D eigenvalue weighted by atomic mass is 31.2. The van der Waals surface area contributed by atoms with Crippen LogP contribution in [0, 0.1) is 0 Å². The highest BCUT2D eigenvalue weighted by Crippen LogP contribution is 2.60. The lowest BCUT2D eigenvalue weighted by molar-refractivity contribution is -0.0435. The smallest absolute Gasteiger partial charge is 0.357 e. The van der Waals surface area contributed by atoms with E-state index in [1.54, 1.807) is 44.2 Å². The molecule has 0 bridgehead atoms. The summed E-state index contributed by atoms with van der Waals surface area (Å²) in [4.78, 5) is 25.8. The van der Waals surface area contributed by atoms with Crippen LogP contribution in [0.5, 0.6) is 0 Å². The zero-order chi connectivity index (χ0) is 19.8. The van der Waals surface area contributed by atoms with Gasteiger partial charge in [0.15, 0.2) is 5.78 Å². The Morgan fingerprint density at radius 3 is 2.22 bits per heavy atom. The number of nitrogens with zero attached hydrogens (tertiary/aromatic N) is 3. The number of aliphatic hydroxyl groups excluding tert-OH is 2. The van der Waals surface area contributed by atoms with E-state index in [2.05, 4.69) is 0 Å². The van der Waals surface area contributed by atoms with E-state index in [4.69, 9.17) is 9.05 Å². The number of aromatic nitrogens is 3. The molecule has 1 aliphatic rings. The SMILES string of the molecule is CCOP(=O)(OCC)[C@@H]1[C@@H](O)[C@@H](O)Cn2c(=O)n(-c3ccccc3)c(=O)n21. The topological polar surface area (TPSA) is 125 Å². The van der Waals surface area contributed by atoms with Gasteiger partial charge >= 0.3 is 19.0 Å². The molecule has 1 aromatic heterocycles. The molecule has 0 aliphatic carbocycles. The molecule has 148 valence electrons. The highest BCUT2D eigenvalue weighted by molar-refractivity contribution is 7.54. The van der Waals surface area contributed by atoms with Crippen LogP contribution in [0.15, 0.2) is 39.9 Å². The van der Waals surface area contributed by atoms with Crippen molar-refractivity contribution in [2.24, 2.45) is 0 Å². The van der Waals surface area contributed by atoms with Gasteiger partial charge in [0, 0.05) is 0 Å². The van der Waals surface area contributed by atoms with Crippen LogP contribution in [0.25, 0.3) is 5.69 Å². The largest absolute Gasteiger partial charge is 0.388 e. The van der Waals surface area contributed by atoms with Crippen LogP contribution in [0.2, 0.25) is 0 Å². The number of fused-ring (bicyclic) bond motifs is 1. The van der Waals surface area contributed by atoms with E-state index in [-0.39, 0.29) is 19.8 Å². The second-order valence-electron chi connectivity index (χ2n) is 6.01. The molecule has 0 radical (unpaired) electrons. The number of hydrogen-bond donors (Lipinski definition) is 2. The predicted molar refractivity (Wildman–Crippen MR) is 96.2 cm³/mol. The van der Waals surface area contributed by atoms with Gasteiger partial charge in [-0.15, -0.1) is 0 Å². The Balaban J connectivity index is 2.27. The first-order chi connectivity index (χ1) is 12.9. The molecule has 0 spiro atoms. The quantitative estimate of drug-likeness (QED) is 0.670. The van der Waals surface area contributed by atoms with Gasteiger partial charge in [0.25, 0.3) is 0 Å². The standard InChI is InChI=1S/C16H22N3O7P/c1-3-25-27(24,26-4-2)14-13(21)12(20)10-17-15(22)18(16(23)19(14)17)11-8-6-5-7-9-11/h5-9,12-14,20-21H,3-4,10H2,1-2H3/t12-,13-,14+/m0/s1. The van der Waals surface area contributed by atoms with E-state index in [1.165, 1.54) is 0 Å². The molecule has 0 saturated heterocycles. The second kappa shape index (κ2) is 7.57. The van der Waals surface area contributed by atoms with Crippen molar-refractivity contribution in [3.63, 3.8) is 0 Å². The Hall–Kier alpha value is -1.97. The van der Waals surface area contributed by atoms with E-state index in [0.717, 1.165) is 13.9 Å². The third kappa shape index (κ3) is 3.24. The molecule has 3 atom stereocenters. The molecule has 2 aromatic rings. The van der Waals surface area contributed by atoms with Crippen LogP contribution in [-0.4, -0.2) is 49.6 Å². The lowest BCUT2D eigenvalue weighted by atomic mass is 10.2. The lowest BCUT2D eigenvalue weighted by Crippen LogP contribution is -2.50. The first-order valence-electron chi connectivity index (χ1n) is 8.60. The van der Waals surface area contributed by atoms with E-state index in [1.807, 2.05) is 0 Å². The molecular weight excluding hydrogens is 377 g/mol. The van der Waals surface area contributed by atoms with Gasteiger partial charge in [0.2, 0.25) is 0 Å². The van der Waals surface area contributed by atoms with Crippen molar-refractivity contribution in [2.45, 2.75) is 38.4 Å². The molecule has 3 rings (SSSR count). The van der Waals surface area contributed by atoms with Gasteiger partial charge in [-0.1, -0.05) is 18.2 Å². The van der Waals surface area contributed by atoms with Crippen molar-refractivity contribution >= 4 is 7.60 Å². The number of benzene rings is 1. The average molecular weight is 399 g/mol. The summed E-state index contributed by atoms with van der Waals surface area (Å²) in [5, 5.41) is 20.7. The summed E-state index contributed by atoms with van der Waals surface area (Å²) in [7, 11) is -4.07. The maximum Gasteiger partial charge on any atom is 0.357 e. The number of aliphatic hydroxyl groups is 2. The average Bonchev–Trinajstić information content (AvgIpc) is 2.87. The summed E-state index contributed by atoms with van der Waals surface area (Å²) in [5.41, 5.74) is -1.21. The summed E-state index contributed by atoms with van der Waals surface area (Å²) in [6.45, 7) is 2.83. The van der Waals surface area contributed by atoms with Gasteiger partial charge < -0.3 is 19.3 Å². The Morgan fingerprint density at radius 1 is 1.07 bits per heavy atom. The Kier molecular flexibility index (Phi) is 5.55. The summed E-state index contributed by atoms with van der Waals surface area (Å²) in [6.07, 6.45) is -3.04. The lowest BCUT2D eigenvalue weighted by Gasteiger charge is -2.36. The van der Waals surface area contributed by atoms with Crippen LogP contribution < -0.4 is 11.4 Å². The molecule has 27 heavy (non-hydrogen) atoms. The molecule has 2 N–H and O–H groups in total. The molecule has 0 saturated carbocycles. The van der Waals surface area contributed by atoms with E-state index >= 15 is 0 Å². The van der Waals surface area contributed by atoms with Gasteiger partial charge in [-0.3, -0.25) is 4.57 Å². The molecule has 0 fully saturated rings. The highest BCUT2D eigenvalue weighted by Gasteiger charge is 2.50.